The Morgan fingerprint density at radius 1 is 0.424 bits per heavy atom. The van der Waals surface area contributed by atoms with Gasteiger partial charge < -0.3 is 13.6 Å². The molecule has 0 fully saturated rings. The molecule has 5 heteroatoms. The van der Waals surface area contributed by atoms with Crippen molar-refractivity contribution in [2.24, 2.45) is 0 Å². The van der Waals surface area contributed by atoms with E-state index < -0.39 is 19.5 Å². The molecule has 0 aromatic heterocycles. The van der Waals surface area contributed by atoms with Crippen LogP contribution in [-0.4, -0.2) is 19.5 Å². The molecule has 0 saturated carbocycles. The lowest BCUT2D eigenvalue weighted by atomic mass is 10.2. The molecule has 4 aromatic carbocycles. The summed E-state index contributed by atoms with van der Waals surface area (Å²) in [6.45, 7) is 0. The first kappa shape index (κ1) is 22.4. The standard InChI is InChI=1S/C28H26O3Si2/c1-3-11-23(12-4-1)19-21-32-30-27-17-9-7-15-25(27)29-26-16-8-10-18-28(26)31-33-22-20-24-13-5-2-6-14-24/h1-22H,32-33H2. The predicted molar refractivity (Wildman–Crippen MR) is 142 cm³/mol. The predicted octanol–water partition coefficient (Wildman–Crippen LogP) is 5.75. The van der Waals surface area contributed by atoms with Crippen LogP contribution < -0.4 is 13.6 Å². The number of para-hydroxylation sites is 4. The second kappa shape index (κ2) is 12.3. The van der Waals surface area contributed by atoms with Gasteiger partial charge in [0.25, 0.3) is 0 Å². The van der Waals surface area contributed by atoms with Gasteiger partial charge in [0.1, 0.15) is 11.5 Å². The third-order valence-corrected chi connectivity index (χ3v) is 6.62. The van der Waals surface area contributed by atoms with Crippen molar-refractivity contribution in [1.29, 1.82) is 0 Å². The normalized spacial score (nSPS) is 11.8. The van der Waals surface area contributed by atoms with Crippen LogP contribution in [0.4, 0.5) is 0 Å². The fourth-order valence-corrected chi connectivity index (χ4v) is 4.96. The molecule has 0 amide bonds. The third-order valence-electron chi connectivity index (χ3n) is 4.81. The Labute approximate surface area is 199 Å². The second-order valence-electron chi connectivity index (χ2n) is 7.24. The number of rotatable bonds is 10. The molecular formula is C28H26O3Si2. The molecule has 0 aliphatic rings. The van der Waals surface area contributed by atoms with E-state index in [1.807, 2.05) is 84.9 Å². The summed E-state index contributed by atoms with van der Waals surface area (Å²) in [7, 11) is -1.77. The Morgan fingerprint density at radius 3 is 1.21 bits per heavy atom. The molecule has 4 rings (SSSR count). The summed E-state index contributed by atoms with van der Waals surface area (Å²) in [4.78, 5) is 0. The van der Waals surface area contributed by atoms with Crippen molar-refractivity contribution in [3.8, 4) is 23.0 Å². The maximum absolute atomic E-state index is 6.22. The maximum atomic E-state index is 6.22. The van der Waals surface area contributed by atoms with Crippen molar-refractivity contribution in [3.63, 3.8) is 0 Å². The molecule has 0 unspecified atom stereocenters. The number of benzene rings is 4. The van der Waals surface area contributed by atoms with Crippen molar-refractivity contribution in [3.05, 3.63) is 132 Å². The van der Waals surface area contributed by atoms with Gasteiger partial charge in [-0.15, -0.1) is 0 Å². The molecule has 0 atom stereocenters. The Kier molecular flexibility index (Phi) is 8.34. The topological polar surface area (TPSA) is 27.7 Å². The van der Waals surface area contributed by atoms with Gasteiger partial charge >= 0.3 is 0 Å². The molecule has 3 nitrogen and oxygen atoms in total. The van der Waals surface area contributed by atoms with Crippen LogP contribution in [-0.2, 0) is 0 Å². The molecule has 0 aliphatic carbocycles. The molecular weight excluding hydrogens is 440 g/mol. The molecule has 0 bridgehead atoms. The highest BCUT2D eigenvalue weighted by Crippen LogP contribution is 2.36. The zero-order valence-electron chi connectivity index (χ0n) is 18.3. The minimum Gasteiger partial charge on any atom is -0.543 e. The summed E-state index contributed by atoms with van der Waals surface area (Å²) in [5.41, 5.74) is 6.62. The van der Waals surface area contributed by atoms with Crippen LogP contribution in [0.3, 0.4) is 0 Å². The van der Waals surface area contributed by atoms with Crippen LogP contribution in [0, 0.1) is 0 Å². The van der Waals surface area contributed by atoms with E-state index in [1.54, 1.807) is 0 Å². The fraction of sp³-hybridized carbons (Fsp3) is 0. The van der Waals surface area contributed by atoms with E-state index >= 15 is 0 Å². The Bertz CT molecular complexity index is 1100. The van der Waals surface area contributed by atoms with E-state index in [4.69, 9.17) is 13.6 Å². The van der Waals surface area contributed by atoms with Crippen LogP contribution in [0.15, 0.2) is 121 Å². The van der Waals surface area contributed by atoms with Gasteiger partial charge in [-0.1, -0.05) is 108 Å². The SMILES string of the molecule is C(=Cc1ccccc1)[SiH2]Oc1ccccc1Oc1ccccc1O[SiH2]C=Cc1ccccc1. The number of hydrogen-bond acceptors (Lipinski definition) is 3. The smallest absolute Gasteiger partial charge is 0.244 e. The molecule has 0 N–H and O–H groups in total. The Hall–Kier alpha value is -3.81. The number of ether oxygens (including phenoxy) is 1. The highest BCUT2D eigenvalue weighted by molar-refractivity contribution is 6.37. The van der Waals surface area contributed by atoms with Crippen molar-refractivity contribution in [2.75, 3.05) is 0 Å². The molecule has 0 aliphatic heterocycles. The maximum Gasteiger partial charge on any atom is 0.244 e. The largest absolute Gasteiger partial charge is 0.543 e. The minimum atomic E-state index is -0.887. The van der Waals surface area contributed by atoms with Crippen LogP contribution in [0.2, 0.25) is 0 Å². The average molecular weight is 467 g/mol. The molecule has 33 heavy (non-hydrogen) atoms. The summed E-state index contributed by atoms with van der Waals surface area (Å²) < 4.78 is 18.4. The summed E-state index contributed by atoms with van der Waals surface area (Å²) in [5.74, 6) is 2.88. The molecule has 0 heterocycles. The van der Waals surface area contributed by atoms with Gasteiger partial charge in [-0.25, -0.2) is 0 Å². The van der Waals surface area contributed by atoms with Gasteiger partial charge in [-0.05, 0) is 35.4 Å². The zero-order chi connectivity index (χ0) is 22.6. The van der Waals surface area contributed by atoms with E-state index in [1.165, 1.54) is 11.1 Å². The second-order valence-corrected chi connectivity index (χ2v) is 9.43. The lowest BCUT2D eigenvalue weighted by Crippen LogP contribution is -2.02. The van der Waals surface area contributed by atoms with E-state index in [9.17, 15) is 0 Å². The summed E-state index contributed by atoms with van der Waals surface area (Å²) >= 11 is 0. The van der Waals surface area contributed by atoms with Gasteiger partial charge in [0.05, 0.1) is 0 Å². The molecule has 4 aromatic rings. The van der Waals surface area contributed by atoms with Crippen molar-refractivity contribution in [1.82, 2.24) is 0 Å². The Morgan fingerprint density at radius 2 is 0.788 bits per heavy atom. The first-order chi connectivity index (χ1) is 16.4. The number of hydrogen-bond donors (Lipinski definition) is 0. The molecule has 0 spiro atoms. The van der Waals surface area contributed by atoms with E-state index in [2.05, 4.69) is 47.8 Å². The first-order valence-electron chi connectivity index (χ1n) is 10.9. The van der Waals surface area contributed by atoms with Gasteiger partial charge in [-0.2, -0.15) is 0 Å². The molecule has 0 saturated heterocycles. The highest BCUT2D eigenvalue weighted by atomic mass is 28.2. The molecule has 0 radical (unpaired) electrons. The summed E-state index contributed by atoms with van der Waals surface area (Å²) in [6, 6.07) is 36.0. The van der Waals surface area contributed by atoms with Crippen LogP contribution in [0.25, 0.3) is 12.2 Å². The molecule has 164 valence electrons. The average Bonchev–Trinajstić information content (AvgIpc) is 2.87. The zero-order valence-corrected chi connectivity index (χ0v) is 21.2. The van der Waals surface area contributed by atoms with E-state index in [-0.39, 0.29) is 0 Å². The van der Waals surface area contributed by atoms with E-state index in [0.29, 0.717) is 11.5 Å². The summed E-state index contributed by atoms with van der Waals surface area (Å²) in [5, 5.41) is 0. The third kappa shape index (κ3) is 7.10. The summed E-state index contributed by atoms with van der Waals surface area (Å²) in [6.07, 6.45) is 4.21. The minimum absolute atomic E-state index is 0.690. The van der Waals surface area contributed by atoms with Gasteiger partial charge in [0.2, 0.25) is 19.5 Å². The van der Waals surface area contributed by atoms with Crippen molar-refractivity contribution < 1.29 is 13.6 Å². The fourth-order valence-electron chi connectivity index (χ4n) is 3.20. The lowest BCUT2D eigenvalue weighted by Gasteiger charge is -2.15. The van der Waals surface area contributed by atoms with Crippen molar-refractivity contribution in [2.45, 2.75) is 0 Å². The van der Waals surface area contributed by atoms with Crippen LogP contribution >= 0.6 is 0 Å². The monoisotopic (exact) mass is 466 g/mol. The first-order valence-corrected chi connectivity index (χ1v) is 13.7. The Balaban J connectivity index is 1.38. The van der Waals surface area contributed by atoms with E-state index in [0.717, 1.165) is 11.5 Å². The van der Waals surface area contributed by atoms with Gasteiger partial charge in [-0.3, -0.25) is 0 Å². The van der Waals surface area contributed by atoms with Gasteiger partial charge in [0, 0.05) is 0 Å². The highest BCUT2D eigenvalue weighted by Gasteiger charge is 2.09. The lowest BCUT2D eigenvalue weighted by molar-refractivity contribution is 0.433. The van der Waals surface area contributed by atoms with Crippen LogP contribution in [0.1, 0.15) is 11.1 Å². The van der Waals surface area contributed by atoms with Gasteiger partial charge in [0.15, 0.2) is 11.5 Å². The van der Waals surface area contributed by atoms with Crippen LogP contribution in [0.5, 0.6) is 23.0 Å². The quantitative estimate of drug-likeness (QED) is 0.279. The van der Waals surface area contributed by atoms with Crippen molar-refractivity contribution >= 4 is 31.7 Å².